The van der Waals surface area contributed by atoms with E-state index in [0.29, 0.717) is 0 Å². The van der Waals surface area contributed by atoms with E-state index in [1.54, 1.807) is 30.3 Å². The molecule has 2 aromatic carbocycles. The van der Waals surface area contributed by atoms with Gasteiger partial charge in [-0.15, -0.1) is 0 Å². The van der Waals surface area contributed by atoms with E-state index < -0.39 is 18.1 Å². The molecule has 6 heteroatoms. The number of phenolic OH excluding ortho intramolecular Hbond substituents is 1. The number of hydrogen-bond donors (Lipinski definition) is 1. The molecule has 0 spiro atoms. The van der Waals surface area contributed by atoms with Gasteiger partial charge in [0.1, 0.15) is 5.75 Å². The highest BCUT2D eigenvalue weighted by Gasteiger charge is 2.58. The summed E-state index contributed by atoms with van der Waals surface area (Å²) in [5.74, 6) is -1.04. The first-order valence-electron chi connectivity index (χ1n) is 8.14. The van der Waals surface area contributed by atoms with Crippen LogP contribution in [-0.4, -0.2) is 40.0 Å². The number of amides is 2. The molecule has 0 bridgehead atoms. The number of likely N-dealkylation sites (tertiary alicyclic amines) is 1. The normalized spacial score (nSPS) is 26.3. The zero-order chi connectivity index (χ0) is 17.6. The van der Waals surface area contributed by atoms with Gasteiger partial charge in [0.15, 0.2) is 6.10 Å². The lowest BCUT2D eigenvalue weighted by atomic mass is 9.91. The fraction of sp³-hybridized carbons (Fsp3) is 0.263. The third-order valence-corrected chi connectivity index (χ3v) is 4.79. The Bertz CT molecular complexity index is 823. The lowest BCUT2D eigenvalue weighted by molar-refractivity contribution is -0.170. The van der Waals surface area contributed by atoms with E-state index in [0.717, 1.165) is 11.1 Å². The highest BCUT2D eigenvalue weighted by atomic mass is 16.7. The van der Waals surface area contributed by atoms with Gasteiger partial charge < -0.3 is 5.11 Å². The minimum Gasteiger partial charge on any atom is -0.508 e. The summed E-state index contributed by atoms with van der Waals surface area (Å²) >= 11 is 0. The minimum absolute atomic E-state index is 0.118. The highest BCUT2D eigenvalue weighted by Crippen LogP contribution is 2.44. The van der Waals surface area contributed by atoms with E-state index in [4.69, 9.17) is 4.84 Å². The van der Waals surface area contributed by atoms with Crippen LogP contribution in [0.1, 0.15) is 17.2 Å². The number of fused-ring (bicyclic) bond motifs is 1. The lowest BCUT2D eigenvalue weighted by Crippen LogP contribution is -2.35. The molecular weight excluding hydrogens is 320 g/mol. The molecule has 3 unspecified atom stereocenters. The Labute approximate surface area is 145 Å². The second-order valence-electron chi connectivity index (χ2n) is 6.39. The summed E-state index contributed by atoms with van der Waals surface area (Å²) in [4.78, 5) is 32.6. The van der Waals surface area contributed by atoms with Crippen molar-refractivity contribution in [3.05, 3.63) is 65.7 Å². The Kier molecular flexibility index (Phi) is 3.78. The van der Waals surface area contributed by atoms with E-state index in [9.17, 15) is 14.7 Å². The van der Waals surface area contributed by atoms with Crippen LogP contribution in [0, 0.1) is 5.92 Å². The molecule has 2 heterocycles. The van der Waals surface area contributed by atoms with Gasteiger partial charge >= 0.3 is 0 Å². The van der Waals surface area contributed by atoms with Crippen molar-refractivity contribution in [2.45, 2.75) is 18.7 Å². The van der Waals surface area contributed by atoms with Crippen LogP contribution in [-0.2, 0) is 21.0 Å². The standard InChI is InChI=1S/C19H18N2O4/c1-20-16(13-8-5-9-14(22)10-13)15-17(25-20)19(24)21(18(15)23)11-12-6-3-2-4-7-12/h2-10,15-17,22H,11H2,1H3. The monoisotopic (exact) mass is 338 g/mol. The fourth-order valence-electron chi connectivity index (χ4n) is 3.66. The number of hydrogen-bond acceptors (Lipinski definition) is 5. The molecule has 25 heavy (non-hydrogen) atoms. The molecule has 2 aromatic rings. The van der Waals surface area contributed by atoms with Crippen LogP contribution in [0.15, 0.2) is 54.6 Å². The van der Waals surface area contributed by atoms with Gasteiger partial charge in [-0.1, -0.05) is 42.5 Å². The number of hydroxylamine groups is 2. The van der Waals surface area contributed by atoms with Gasteiger partial charge in [0, 0.05) is 7.05 Å². The van der Waals surface area contributed by atoms with Crippen LogP contribution < -0.4 is 0 Å². The quantitative estimate of drug-likeness (QED) is 0.865. The number of aromatic hydroxyl groups is 1. The highest BCUT2D eigenvalue weighted by molar-refractivity contribution is 6.07. The molecule has 0 aliphatic carbocycles. The van der Waals surface area contributed by atoms with Crippen molar-refractivity contribution in [1.29, 1.82) is 0 Å². The van der Waals surface area contributed by atoms with Crippen molar-refractivity contribution in [1.82, 2.24) is 9.96 Å². The van der Waals surface area contributed by atoms with Crippen molar-refractivity contribution in [2.24, 2.45) is 5.92 Å². The summed E-state index contributed by atoms with van der Waals surface area (Å²) < 4.78 is 0. The van der Waals surface area contributed by atoms with Crippen LogP contribution in [0.2, 0.25) is 0 Å². The van der Waals surface area contributed by atoms with Crippen LogP contribution in [0.4, 0.5) is 0 Å². The van der Waals surface area contributed by atoms with E-state index >= 15 is 0 Å². The summed E-state index contributed by atoms with van der Waals surface area (Å²) in [5.41, 5.74) is 1.64. The zero-order valence-electron chi connectivity index (χ0n) is 13.7. The molecule has 2 fully saturated rings. The number of imide groups is 1. The number of carbonyl (C=O) groups is 2. The second-order valence-corrected chi connectivity index (χ2v) is 6.39. The number of phenols is 1. The van der Waals surface area contributed by atoms with Crippen LogP contribution >= 0.6 is 0 Å². The summed E-state index contributed by atoms with van der Waals surface area (Å²) in [6, 6.07) is 15.7. The largest absolute Gasteiger partial charge is 0.508 e. The van der Waals surface area contributed by atoms with E-state index in [-0.39, 0.29) is 24.1 Å². The lowest BCUT2D eigenvalue weighted by Gasteiger charge is -2.24. The van der Waals surface area contributed by atoms with Gasteiger partial charge in [0.25, 0.3) is 5.91 Å². The predicted molar refractivity (Wildman–Crippen MR) is 89.0 cm³/mol. The van der Waals surface area contributed by atoms with Crippen LogP contribution in [0.5, 0.6) is 5.75 Å². The number of benzene rings is 2. The summed E-state index contributed by atoms with van der Waals surface area (Å²) in [5, 5.41) is 11.3. The molecule has 2 amide bonds. The zero-order valence-corrected chi connectivity index (χ0v) is 13.7. The van der Waals surface area contributed by atoms with Gasteiger partial charge in [-0.3, -0.25) is 19.3 Å². The average Bonchev–Trinajstić information content (AvgIpc) is 3.06. The SMILES string of the molecule is CN1OC2C(=O)N(Cc3ccccc3)C(=O)C2C1c1cccc(O)c1. The molecule has 3 atom stereocenters. The second kappa shape index (κ2) is 5.98. The van der Waals surface area contributed by atoms with Crippen LogP contribution in [0.25, 0.3) is 0 Å². The maximum atomic E-state index is 13.0. The molecule has 4 rings (SSSR count). The Morgan fingerprint density at radius 3 is 2.52 bits per heavy atom. The van der Waals surface area contributed by atoms with Gasteiger partial charge in [-0.2, -0.15) is 5.06 Å². The maximum absolute atomic E-state index is 13.0. The minimum atomic E-state index is -0.812. The Balaban J connectivity index is 1.64. The molecule has 2 saturated heterocycles. The third kappa shape index (κ3) is 2.59. The Hall–Kier alpha value is -2.70. The topological polar surface area (TPSA) is 70.1 Å². The first-order chi connectivity index (χ1) is 12.1. The van der Waals surface area contributed by atoms with Gasteiger partial charge in [-0.25, -0.2) is 0 Å². The molecule has 0 radical (unpaired) electrons. The smallest absolute Gasteiger partial charge is 0.261 e. The van der Waals surface area contributed by atoms with Gasteiger partial charge in [0.2, 0.25) is 5.91 Å². The summed E-state index contributed by atoms with van der Waals surface area (Å²) in [7, 11) is 1.70. The first kappa shape index (κ1) is 15.8. The molecule has 0 aromatic heterocycles. The first-order valence-corrected chi connectivity index (χ1v) is 8.14. The molecule has 128 valence electrons. The Morgan fingerprint density at radius 2 is 1.80 bits per heavy atom. The van der Waals surface area contributed by atoms with Crippen molar-refractivity contribution in [2.75, 3.05) is 7.05 Å². The molecule has 2 aliphatic rings. The van der Waals surface area contributed by atoms with Crippen molar-refractivity contribution >= 4 is 11.8 Å². The van der Waals surface area contributed by atoms with Gasteiger partial charge in [0.05, 0.1) is 18.5 Å². The maximum Gasteiger partial charge on any atom is 0.261 e. The third-order valence-electron chi connectivity index (χ3n) is 4.79. The number of carbonyl (C=O) groups excluding carboxylic acids is 2. The van der Waals surface area contributed by atoms with Crippen molar-refractivity contribution in [3.8, 4) is 5.75 Å². The van der Waals surface area contributed by atoms with Crippen LogP contribution in [0.3, 0.4) is 0 Å². The fourth-order valence-corrected chi connectivity index (χ4v) is 3.66. The molecule has 6 nitrogen and oxygen atoms in total. The van der Waals surface area contributed by atoms with E-state index in [1.165, 1.54) is 4.90 Å². The van der Waals surface area contributed by atoms with E-state index in [1.807, 2.05) is 36.4 Å². The molecular formula is C19H18N2O4. The van der Waals surface area contributed by atoms with E-state index in [2.05, 4.69) is 0 Å². The molecule has 2 aliphatic heterocycles. The average molecular weight is 338 g/mol. The summed E-state index contributed by atoms with van der Waals surface area (Å²) in [6.45, 7) is 0.241. The van der Waals surface area contributed by atoms with Gasteiger partial charge in [-0.05, 0) is 23.3 Å². The predicted octanol–water partition coefficient (Wildman–Crippen LogP) is 1.86. The number of rotatable bonds is 3. The molecule has 1 N–H and O–H groups in total. The van der Waals surface area contributed by atoms with Crippen molar-refractivity contribution in [3.63, 3.8) is 0 Å². The summed E-state index contributed by atoms with van der Waals surface area (Å²) in [6.07, 6.45) is -0.812. The number of nitrogens with zero attached hydrogens (tertiary/aromatic N) is 2. The Morgan fingerprint density at radius 1 is 1.04 bits per heavy atom. The van der Waals surface area contributed by atoms with Crippen molar-refractivity contribution < 1.29 is 19.5 Å². The molecule has 0 saturated carbocycles.